The number of nitrogens with one attached hydrogen (secondary N) is 2. The Hall–Kier alpha value is -3.86. The van der Waals surface area contributed by atoms with Gasteiger partial charge in [-0.05, 0) is 70.6 Å². The third-order valence-electron chi connectivity index (χ3n) is 6.74. The number of hydrogen-bond acceptors (Lipinski definition) is 9. The fourth-order valence-corrected chi connectivity index (χ4v) is 4.97. The number of halogens is 2. The van der Waals surface area contributed by atoms with E-state index < -0.39 is 29.5 Å². The maximum Gasteiger partial charge on any atom is 0.408 e. The number of aromatic nitrogens is 2. The summed E-state index contributed by atoms with van der Waals surface area (Å²) in [5.41, 5.74) is 0.0546. The smallest absolute Gasteiger partial charge is 0.408 e. The fourth-order valence-electron chi connectivity index (χ4n) is 4.79. The summed E-state index contributed by atoms with van der Waals surface area (Å²) in [6.07, 6.45) is 3.00. The van der Waals surface area contributed by atoms with E-state index in [1.54, 1.807) is 45.0 Å². The van der Waals surface area contributed by atoms with Gasteiger partial charge in [0.25, 0.3) is 0 Å². The molecule has 1 aliphatic carbocycles. The minimum Gasteiger partial charge on any atom is -0.493 e. The number of alkyl carbamates (subject to hydrolysis) is 1. The molecule has 1 atom stereocenters. The molecule has 2 N–H and O–H groups in total. The molecular weight excluding hydrogens is 555 g/mol. The van der Waals surface area contributed by atoms with Gasteiger partial charge in [-0.3, -0.25) is 0 Å². The highest BCUT2D eigenvalue weighted by Crippen LogP contribution is 2.38. The van der Waals surface area contributed by atoms with E-state index in [9.17, 15) is 14.0 Å². The van der Waals surface area contributed by atoms with Gasteiger partial charge in [-0.2, -0.15) is 0 Å². The summed E-state index contributed by atoms with van der Waals surface area (Å²) in [5, 5.41) is 6.26. The first-order valence-electron chi connectivity index (χ1n) is 13.3. The Labute approximate surface area is 242 Å². The predicted molar refractivity (Wildman–Crippen MR) is 152 cm³/mol. The normalized spacial score (nSPS) is 17.8. The lowest BCUT2D eigenvalue weighted by atomic mass is 9.82. The molecule has 4 rings (SSSR count). The van der Waals surface area contributed by atoms with E-state index in [1.165, 1.54) is 26.6 Å². The number of esters is 1. The number of hydrogen-bond donors (Lipinski definition) is 2. The van der Waals surface area contributed by atoms with E-state index in [2.05, 4.69) is 20.6 Å². The molecular formula is C29H34ClFN4O6. The van der Waals surface area contributed by atoms with Gasteiger partial charge in [-0.1, -0.05) is 17.7 Å². The summed E-state index contributed by atoms with van der Waals surface area (Å²) < 4.78 is 36.8. The first-order valence-corrected chi connectivity index (χ1v) is 13.6. The van der Waals surface area contributed by atoms with Crippen molar-refractivity contribution >= 4 is 46.1 Å². The van der Waals surface area contributed by atoms with E-state index in [4.69, 9.17) is 30.5 Å². The van der Waals surface area contributed by atoms with Crippen molar-refractivity contribution in [3.63, 3.8) is 0 Å². The van der Waals surface area contributed by atoms with E-state index in [-0.39, 0.29) is 22.7 Å². The number of amides is 1. The van der Waals surface area contributed by atoms with Crippen molar-refractivity contribution in [2.24, 2.45) is 5.92 Å². The maximum atomic E-state index is 14.6. The summed E-state index contributed by atoms with van der Waals surface area (Å²) in [5.74, 6) is 0.0785. The molecule has 0 bridgehead atoms. The molecule has 3 aromatic rings. The second-order valence-electron chi connectivity index (χ2n) is 10.8. The van der Waals surface area contributed by atoms with E-state index in [1.807, 2.05) is 0 Å². The van der Waals surface area contributed by atoms with E-state index in [0.717, 1.165) is 0 Å². The van der Waals surface area contributed by atoms with Crippen LogP contribution in [0.25, 0.3) is 10.9 Å². The van der Waals surface area contributed by atoms with Gasteiger partial charge in [0.2, 0.25) is 0 Å². The zero-order valence-corrected chi connectivity index (χ0v) is 24.4. The van der Waals surface area contributed by atoms with Crippen molar-refractivity contribution < 1.29 is 32.9 Å². The maximum absolute atomic E-state index is 14.6. The minimum absolute atomic E-state index is 0.00890. The zero-order valence-electron chi connectivity index (χ0n) is 23.6. The molecule has 41 heavy (non-hydrogen) atoms. The average molecular weight is 589 g/mol. The van der Waals surface area contributed by atoms with Gasteiger partial charge in [0, 0.05) is 11.5 Å². The largest absolute Gasteiger partial charge is 0.493 e. The monoisotopic (exact) mass is 588 g/mol. The number of ether oxygens (including phenoxy) is 4. The van der Waals surface area contributed by atoms with Crippen LogP contribution in [0.2, 0.25) is 5.02 Å². The molecule has 0 saturated heterocycles. The van der Waals surface area contributed by atoms with Gasteiger partial charge in [0.05, 0.1) is 36.6 Å². The Kier molecular flexibility index (Phi) is 9.37. The Morgan fingerprint density at radius 1 is 1.07 bits per heavy atom. The fraction of sp³-hybridized carbons (Fsp3) is 0.448. The number of fused-ring (bicyclic) bond motifs is 1. The molecule has 0 spiro atoms. The van der Waals surface area contributed by atoms with Gasteiger partial charge in [-0.25, -0.2) is 23.9 Å². The van der Waals surface area contributed by atoms with E-state index in [0.29, 0.717) is 53.9 Å². The number of benzene rings is 2. The highest BCUT2D eigenvalue weighted by Gasteiger charge is 2.36. The molecule has 220 valence electrons. The van der Waals surface area contributed by atoms with Crippen LogP contribution in [0.3, 0.4) is 0 Å². The molecule has 1 aromatic heterocycles. The van der Waals surface area contributed by atoms with Gasteiger partial charge in [-0.15, -0.1) is 0 Å². The number of methoxy groups -OCH3 is 2. The number of carbonyl (C=O) groups is 2. The van der Waals surface area contributed by atoms with Crippen LogP contribution in [0.4, 0.5) is 20.7 Å². The number of rotatable bonds is 8. The van der Waals surface area contributed by atoms with Crippen molar-refractivity contribution in [1.29, 1.82) is 0 Å². The molecule has 2 aromatic carbocycles. The van der Waals surface area contributed by atoms with Crippen molar-refractivity contribution in [3.05, 3.63) is 47.5 Å². The standard InChI is InChI=1S/C29H34ClFN4O6/c1-29(2,3)41-28(37)35-25(27(36)39-5)16-9-11-17(12-10-16)40-23-13-18-21(14-22(23)38-4)32-15-33-26(18)34-20-8-6-7-19(30)24(20)31/h6-8,13-17,25H,9-12H2,1-5H3,(H,35,37)(H,32,33,34)/t16?,17?,25-/m0/s1. The third kappa shape index (κ3) is 7.46. The van der Waals surface area contributed by atoms with Crippen molar-refractivity contribution in [2.75, 3.05) is 19.5 Å². The lowest BCUT2D eigenvalue weighted by Crippen LogP contribution is -2.49. The Balaban J connectivity index is 1.50. The summed E-state index contributed by atoms with van der Waals surface area (Å²) in [4.78, 5) is 33.5. The van der Waals surface area contributed by atoms with Crippen LogP contribution in [0.5, 0.6) is 11.5 Å². The molecule has 1 amide bonds. The summed E-state index contributed by atoms with van der Waals surface area (Å²) in [7, 11) is 2.83. The molecule has 12 heteroatoms. The zero-order chi connectivity index (χ0) is 29.7. The van der Waals surface area contributed by atoms with Crippen LogP contribution in [-0.2, 0) is 14.3 Å². The molecule has 1 saturated carbocycles. The SMILES string of the molecule is COC(=O)[C@@H](NC(=O)OC(C)(C)C)C1CCC(Oc2cc3c(Nc4cccc(Cl)c4F)ncnc3cc2OC)CC1. The number of nitrogens with zero attached hydrogens (tertiary/aromatic N) is 2. The van der Waals surface area contributed by atoms with Crippen LogP contribution in [0, 0.1) is 11.7 Å². The lowest BCUT2D eigenvalue weighted by Gasteiger charge is -2.33. The summed E-state index contributed by atoms with van der Waals surface area (Å²) in [6, 6.07) is 7.32. The van der Waals surface area contributed by atoms with Crippen molar-refractivity contribution in [3.8, 4) is 11.5 Å². The van der Waals surface area contributed by atoms with Gasteiger partial charge >= 0.3 is 12.1 Å². The molecule has 0 unspecified atom stereocenters. The topological polar surface area (TPSA) is 121 Å². The molecule has 1 aliphatic rings. The number of anilines is 2. The summed E-state index contributed by atoms with van der Waals surface area (Å²) in [6.45, 7) is 5.26. The minimum atomic E-state index is -0.830. The van der Waals surface area contributed by atoms with Gasteiger partial charge in [0.15, 0.2) is 17.3 Å². The van der Waals surface area contributed by atoms with Crippen LogP contribution in [0.1, 0.15) is 46.5 Å². The molecule has 1 fully saturated rings. The third-order valence-corrected chi connectivity index (χ3v) is 7.03. The average Bonchev–Trinajstić information content (AvgIpc) is 2.93. The quantitative estimate of drug-likeness (QED) is 0.297. The predicted octanol–water partition coefficient (Wildman–Crippen LogP) is 6.18. The Bertz CT molecular complexity index is 1410. The van der Waals surface area contributed by atoms with Crippen molar-refractivity contribution in [2.45, 2.75) is 64.2 Å². The van der Waals surface area contributed by atoms with Crippen LogP contribution in [-0.4, -0.2) is 54.0 Å². The van der Waals surface area contributed by atoms with Crippen molar-refractivity contribution in [1.82, 2.24) is 15.3 Å². The Morgan fingerprint density at radius 3 is 2.46 bits per heavy atom. The second-order valence-corrected chi connectivity index (χ2v) is 11.2. The Morgan fingerprint density at radius 2 is 1.80 bits per heavy atom. The first kappa shape index (κ1) is 30.1. The van der Waals surface area contributed by atoms with Gasteiger partial charge in [0.1, 0.15) is 23.8 Å². The molecule has 10 nitrogen and oxygen atoms in total. The van der Waals surface area contributed by atoms with Crippen LogP contribution in [0.15, 0.2) is 36.7 Å². The lowest BCUT2D eigenvalue weighted by molar-refractivity contribution is -0.145. The first-order chi connectivity index (χ1) is 19.5. The van der Waals surface area contributed by atoms with Gasteiger partial charge < -0.3 is 29.6 Å². The second kappa shape index (κ2) is 12.8. The number of carbonyl (C=O) groups excluding carboxylic acids is 2. The highest BCUT2D eigenvalue weighted by molar-refractivity contribution is 6.31. The highest BCUT2D eigenvalue weighted by atomic mass is 35.5. The molecule has 0 aliphatic heterocycles. The van der Waals surface area contributed by atoms with Crippen LogP contribution >= 0.6 is 11.6 Å². The van der Waals surface area contributed by atoms with Crippen LogP contribution < -0.4 is 20.1 Å². The molecule has 1 heterocycles. The summed E-state index contributed by atoms with van der Waals surface area (Å²) >= 11 is 5.94. The van der Waals surface area contributed by atoms with E-state index >= 15 is 0 Å². The molecule has 0 radical (unpaired) electrons.